The van der Waals surface area contributed by atoms with E-state index in [0.29, 0.717) is 24.9 Å². The molecule has 0 amide bonds. The van der Waals surface area contributed by atoms with E-state index in [1.54, 1.807) is 0 Å². The maximum Gasteiger partial charge on any atom is 0.303 e. The Balaban J connectivity index is 2.22. The predicted molar refractivity (Wildman–Crippen MR) is 99.4 cm³/mol. The van der Waals surface area contributed by atoms with Crippen LogP contribution in [0.25, 0.3) is 6.08 Å². The normalized spacial score (nSPS) is 11.1. The van der Waals surface area contributed by atoms with E-state index in [9.17, 15) is 9.59 Å². The van der Waals surface area contributed by atoms with Crippen molar-refractivity contribution >= 4 is 17.8 Å². The molecule has 138 valence electrons. The number of allylic oxidation sites excluding steroid dienone is 1. The third-order valence-electron chi connectivity index (χ3n) is 3.74. The van der Waals surface area contributed by atoms with Gasteiger partial charge in [0.2, 0.25) is 0 Å². The lowest BCUT2D eigenvalue weighted by Gasteiger charge is -2.05. The van der Waals surface area contributed by atoms with Crippen LogP contribution < -0.4 is 5.48 Å². The maximum absolute atomic E-state index is 12.0. The number of unbranched alkanes of at least 4 members (excludes halogenated alkanes) is 4. The molecule has 0 fully saturated rings. The number of ketones is 1. The minimum Gasteiger partial charge on any atom is -0.481 e. The van der Waals surface area contributed by atoms with Crippen LogP contribution in [0.5, 0.6) is 0 Å². The average molecular weight is 347 g/mol. The molecule has 1 rings (SSSR count). The van der Waals surface area contributed by atoms with Gasteiger partial charge < -0.3 is 5.11 Å². The molecule has 0 radical (unpaired) electrons. The minimum atomic E-state index is -0.796. The Morgan fingerprint density at radius 3 is 2.56 bits per heavy atom. The summed E-state index contributed by atoms with van der Waals surface area (Å²) in [7, 11) is 0. The molecule has 5 nitrogen and oxygen atoms in total. The number of rotatable bonds is 14. The van der Waals surface area contributed by atoms with E-state index < -0.39 is 5.97 Å². The highest BCUT2D eigenvalue weighted by atomic mass is 16.6. The van der Waals surface area contributed by atoms with Gasteiger partial charge in [-0.05, 0) is 31.2 Å². The van der Waals surface area contributed by atoms with Crippen LogP contribution in [0.15, 0.2) is 30.3 Å². The number of hydroxylamine groups is 1. The molecule has 1 aromatic carbocycles. The highest BCUT2D eigenvalue weighted by molar-refractivity contribution is 5.97. The van der Waals surface area contributed by atoms with Gasteiger partial charge in [-0.25, -0.2) is 5.48 Å². The number of hydrogen-bond donors (Lipinski definition) is 2. The molecule has 0 aliphatic heterocycles. The van der Waals surface area contributed by atoms with Crippen LogP contribution >= 0.6 is 0 Å². The summed E-state index contributed by atoms with van der Waals surface area (Å²) in [4.78, 5) is 27.5. The van der Waals surface area contributed by atoms with E-state index in [-0.39, 0.29) is 18.8 Å². The van der Waals surface area contributed by atoms with Crippen molar-refractivity contribution in [3.63, 3.8) is 0 Å². The van der Waals surface area contributed by atoms with E-state index in [0.717, 1.165) is 12.0 Å². The second kappa shape index (κ2) is 13.3. The van der Waals surface area contributed by atoms with Crippen molar-refractivity contribution < 1.29 is 19.5 Å². The first-order valence-corrected chi connectivity index (χ1v) is 8.99. The van der Waals surface area contributed by atoms with Crippen LogP contribution in [0, 0.1) is 0 Å². The molecule has 2 N–H and O–H groups in total. The number of nitrogens with one attached hydrogen (secondary N) is 1. The van der Waals surface area contributed by atoms with Crippen molar-refractivity contribution in [2.75, 3.05) is 13.2 Å². The lowest BCUT2D eigenvalue weighted by molar-refractivity contribution is -0.137. The molecule has 0 unspecified atom stereocenters. The molecule has 25 heavy (non-hydrogen) atoms. The van der Waals surface area contributed by atoms with Gasteiger partial charge in [0.1, 0.15) is 6.61 Å². The predicted octanol–water partition coefficient (Wildman–Crippen LogP) is 4.24. The molecule has 0 bridgehead atoms. The van der Waals surface area contributed by atoms with Crippen molar-refractivity contribution in [3.8, 4) is 0 Å². The van der Waals surface area contributed by atoms with Crippen LogP contribution in [0.4, 0.5) is 0 Å². The molecule has 1 aromatic rings. The van der Waals surface area contributed by atoms with E-state index in [1.165, 1.54) is 19.3 Å². The highest BCUT2D eigenvalue weighted by Gasteiger charge is 2.05. The smallest absolute Gasteiger partial charge is 0.303 e. The fourth-order valence-electron chi connectivity index (χ4n) is 2.26. The second-order valence-corrected chi connectivity index (χ2v) is 5.98. The SMILES string of the molecule is CCCCCC=Cc1ccc(C(=O)CONCCCCC(=O)O)cc1. The van der Waals surface area contributed by atoms with Crippen molar-refractivity contribution in [2.24, 2.45) is 0 Å². The Morgan fingerprint density at radius 2 is 1.88 bits per heavy atom. The number of carboxylic acid groups (broad SMARTS) is 1. The van der Waals surface area contributed by atoms with Crippen LogP contribution in [-0.2, 0) is 9.63 Å². The summed E-state index contributed by atoms with van der Waals surface area (Å²) in [6, 6.07) is 7.49. The first-order valence-electron chi connectivity index (χ1n) is 8.99. The largest absolute Gasteiger partial charge is 0.481 e. The summed E-state index contributed by atoms with van der Waals surface area (Å²) in [5, 5.41) is 8.52. The first-order chi connectivity index (χ1) is 12.1. The molecule has 0 aliphatic rings. The first kappa shape index (κ1) is 21.1. The van der Waals surface area contributed by atoms with Gasteiger partial charge in [-0.1, -0.05) is 56.2 Å². The number of carboxylic acids is 1. The minimum absolute atomic E-state index is 0.0366. The van der Waals surface area contributed by atoms with E-state index in [2.05, 4.69) is 24.6 Å². The van der Waals surface area contributed by atoms with Gasteiger partial charge in [-0.15, -0.1) is 0 Å². The van der Waals surface area contributed by atoms with Crippen LogP contribution in [-0.4, -0.2) is 30.0 Å². The summed E-state index contributed by atoms with van der Waals surface area (Å²) < 4.78 is 0. The monoisotopic (exact) mass is 347 g/mol. The molecule has 0 aromatic heterocycles. The zero-order valence-corrected chi connectivity index (χ0v) is 15.0. The third kappa shape index (κ3) is 10.5. The van der Waals surface area contributed by atoms with Crippen LogP contribution in [0.3, 0.4) is 0 Å². The highest BCUT2D eigenvalue weighted by Crippen LogP contribution is 2.09. The topological polar surface area (TPSA) is 75.6 Å². The maximum atomic E-state index is 12.0. The third-order valence-corrected chi connectivity index (χ3v) is 3.74. The Hall–Kier alpha value is -1.98. The molecule has 0 saturated heterocycles. The Morgan fingerprint density at radius 1 is 1.12 bits per heavy atom. The Labute approximate surface area is 150 Å². The van der Waals surface area contributed by atoms with Gasteiger partial charge in [0.15, 0.2) is 5.78 Å². The van der Waals surface area contributed by atoms with Gasteiger partial charge in [-0.3, -0.25) is 14.4 Å². The van der Waals surface area contributed by atoms with Gasteiger partial charge in [0, 0.05) is 18.5 Å². The van der Waals surface area contributed by atoms with Gasteiger partial charge in [0.25, 0.3) is 0 Å². The lowest BCUT2D eigenvalue weighted by Crippen LogP contribution is -2.21. The van der Waals surface area contributed by atoms with Gasteiger partial charge >= 0.3 is 5.97 Å². The summed E-state index contributed by atoms with van der Waals surface area (Å²) in [5.41, 5.74) is 4.40. The number of carbonyl (C=O) groups excluding carboxylic acids is 1. The van der Waals surface area contributed by atoms with Gasteiger partial charge in [-0.2, -0.15) is 0 Å². The van der Waals surface area contributed by atoms with E-state index in [1.807, 2.05) is 24.3 Å². The lowest BCUT2D eigenvalue weighted by atomic mass is 10.1. The van der Waals surface area contributed by atoms with Crippen LogP contribution in [0.1, 0.15) is 67.8 Å². The zero-order valence-electron chi connectivity index (χ0n) is 15.0. The van der Waals surface area contributed by atoms with Gasteiger partial charge in [0.05, 0.1) is 0 Å². The molecule has 0 saturated carbocycles. The number of carbonyl (C=O) groups is 2. The molecule has 0 spiro atoms. The fraction of sp³-hybridized carbons (Fsp3) is 0.500. The van der Waals surface area contributed by atoms with Crippen molar-refractivity contribution in [1.29, 1.82) is 0 Å². The number of hydrogen-bond acceptors (Lipinski definition) is 4. The summed E-state index contributed by atoms with van der Waals surface area (Å²) in [6.45, 7) is 2.69. The summed E-state index contributed by atoms with van der Waals surface area (Å²) in [5.74, 6) is -0.883. The quantitative estimate of drug-likeness (QED) is 0.299. The second-order valence-electron chi connectivity index (χ2n) is 5.98. The molecule has 5 heteroatoms. The standard InChI is InChI=1S/C20H29NO4/c1-2-3-4-5-6-9-17-11-13-18(14-12-17)19(22)16-25-21-15-8-7-10-20(23)24/h6,9,11-14,21H,2-5,7-8,10,15-16H2,1H3,(H,23,24). The van der Waals surface area contributed by atoms with Crippen molar-refractivity contribution in [1.82, 2.24) is 5.48 Å². The number of Topliss-reactive ketones (excluding diaryl/α,β-unsaturated/α-hetero) is 1. The summed E-state index contributed by atoms with van der Waals surface area (Å²) in [6.07, 6.45) is 10.5. The van der Waals surface area contributed by atoms with E-state index in [4.69, 9.17) is 9.94 Å². The van der Waals surface area contributed by atoms with Crippen LogP contribution in [0.2, 0.25) is 0 Å². The van der Waals surface area contributed by atoms with E-state index >= 15 is 0 Å². The van der Waals surface area contributed by atoms with Crippen molar-refractivity contribution in [2.45, 2.75) is 51.9 Å². The zero-order chi connectivity index (χ0) is 18.3. The Bertz CT molecular complexity index is 537. The summed E-state index contributed by atoms with van der Waals surface area (Å²) >= 11 is 0. The molecule has 0 atom stereocenters. The average Bonchev–Trinajstić information content (AvgIpc) is 2.61. The molecule has 0 aliphatic carbocycles. The molecule has 0 heterocycles. The fourth-order valence-corrected chi connectivity index (χ4v) is 2.26. The molecular weight excluding hydrogens is 318 g/mol. The number of benzene rings is 1. The Kier molecular flexibility index (Phi) is 11.2. The number of aliphatic carboxylic acids is 1. The molecular formula is C20H29NO4. The van der Waals surface area contributed by atoms with Crippen molar-refractivity contribution in [3.05, 3.63) is 41.5 Å².